The predicted molar refractivity (Wildman–Crippen MR) is 81.9 cm³/mol. The van der Waals surface area contributed by atoms with E-state index in [-0.39, 0.29) is 5.97 Å². The summed E-state index contributed by atoms with van der Waals surface area (Å²) in [5, 5.41) is 7.04. The minimum Gasteiger partial charge on any atom is -0.462 e. The molecule has 0 unspecified atom stereocenters. The first-order valence-corrected chi connectivity index (χ1v) is 7.40. The van der Waals surface area contributed by atoms with Crippen LogP contribution in [0.4, 0.5) is 5.00 Å². The summed E-state index contributed by atoms with van der Waals surface area (Å²) in [7, 11) is 0. The average Bonchev–Trinajstić information content (AvgIpc) is 2.89. The molecule has 6 heteroatoms. The molecule has 0 bridgehead atoms. The van der Waals surface area contributed by atoms with Gasteiger partial charge in [0.25, 0.3) is 0 Å². The van der Waals surface area contributed by atoms with Crippen LogP contribution >= 0.6 is 23.6 Å². The molecular formula is C13H16N2O2S2. The Kier molecular flexibility index (Phi) is 4.55. The van der Waals surface area contributed by atoms with Crippen LogP contribution in [-0.4, -0.2) is 17.7 Å². The van der Waals surface area contributed by atoms with Crippen molar-refractivity contribution in [1.29, 1.82) is 0 Å². The lowest BCUT2D eigenvalue weighted by atomic mass is 10.1. The number of esters is 1. The molecule has 1 aliphatic rings. The number of anilines is 1. The molecule has 1 heterocycles. The summed E-state index contributed by atoms with van der Waals surface area (Å²) in [6, 6.07) is 0. The molecule has 0 saturated heterocycles. The molecule has 0 amide bonds. The van der Waals surface area contributed by atoms with E-state index in [1.807, 2.05) is 6.92 Å². The number of ether oxygens (including phenoxy) is 1. The molecule has 1 aliphatic carbocycles. The van der Waals surface area contributed by atoms with E-state index in [9.17, 15) is 4.79 Å². The van der Waals surface area contributed by atoms with Gasteiger partial charge in [-0.1, -0.05) is 6.58 Å². The zero-order chi connectivity index (χ0) is 13.8. The van der Waals surface area contributed by atoms with Gasteiger partial charge in [0.05, 0.1) is 12.2 Å². The SMILES string of the molecule is C=CNC(=S)Nc1sc2c(c1C(=O)OCC)CCC2. The number of aryl methyl sites for hydroxylation is 1. The van der Waals surface area contributed by atoms with E-state index in [4.69, 9.17) is 17.0 Å². The van der Waals surface area contributed by atoms with Crippen molar-refractivity contribution in [2.45, 2.75) is 26.2 Å². The third-order valence-electron chi connectivity index (χ3n) is 2.86. The Bertz CT molecular complexity index is 523. The number of carbonyl (C=O) groups is 1. The standard InChI is InChI=1S/C13H16N2O2S2/c1-3-14-13(18)15-11-10(12(16)17-4-2)8-6-5-7-9(8)19-11/h3H,1,4-7H2,2H3,(H2,14,15,18). The number of hydrogen-bond donors (Lipinski definition) is 2. The van der Waals surface area contributed by atoms with Crippen LogP contribution in [0.1, 0.15) is 34.1 Å². The maximum atomic E-state index is 12.1. The van der Waals surface area contributed by atoms with Crippen molar-refractivity contribution in [3.63, 3.8) is 0 Å². The number of thiocarbonyl (C=S) groups is 1. The Morgan fingerprint density at radius 3 is 3.05 bits per heavy atom. The largest absolute Gasteiger partial charge is 0.462 e. The molecule has 2 rings (SSSR count). The van der Waals surface area contributed by atoms with E-state index >= 15 is 0 Å². The number of nitrogens with one attached hydrogen (secondary N) is 2. The molecule has 0 radical (unpaired) electrons. The van der Waals surface area contributed by atoms with Gasteiger partial charge >= 0.3 is 5.97 Å². The summed E-state index contributed by atoms with van der Waals surface area (Å²) >= 11 is 6.70. The number of rotatable bonds is 4. The van der Waals surface area contributed by atoms with Gasteiger partial charge in [-0.15, -0.1) is 11.3 Å². The van der Waals surface area contributed by atoms with E-state index in [1.165, 1.54) is 11.1 Å². The van der Waals surface area contributed by atoms with E-state index < -0.39 is 0 Å². The highest BCUT2D eigenvalue weighted by Crippen LogP contribution is 2.39. The lowest BCUT2D eigenvalue weighted by Crippen LogP contribution is -2.24. The third kappa shape index (κ3) is 2.96. The molecule has 0 aliphatic heterocycles. The Labute approximate surface area is 121 Å². The van der Waals surface area contributed by atoms with Crippen molar-refractivity contribution in [3.8, 4) is 0 Å². The third-order valence-corrected chi connectivity index (χ3v) is 4.29. The van der Waals surface area contributed by atoms with Crippen molar-refractivity contribution in [3.05, 3.63) is 28.8 Å². The highest BCUT2D eigenvalue weighted by atomic mass is 32.1. The highest BCUT2D eigenvalue weighted by Gasteiger charge is 2.27. The van der Waals surface area contributed by atoms with Crippen LogP contribution in [0.25, 0.3) is 0 Å². The summed E-state index contributed by atoms with van der Waals surface area (Å²) in [5.41, 5.74) is 1.76. The zero-order valence-electron chi connectivity index (χ0n) is 10.7. The van der Waals surface area contributed by atoms with Gasteiger partial charge in [0, 0.05) is 4.88 Å². The van der Waals surface area contributed by atoms with E-state index in [2.05, 4.69) is 17.2 Å². The normalized spacial score (nSPS) is 12.7. The predicted octanol–water partition coefficient (Wildman–Crippen LogP) is 2.84. The van der Waals surface area contributed by atoms with Gasteiger partial charge in [0.1, 0.15) is 5.00 Å². The molecule has 0 fully saturated rings. The first-order chi connectivity index (χ1) is 9.17. The second-order valence-corrected chi connectivity index (χ2v) is 5.60. The van der Waals surface area contributed by atoms with Crippen LogP contribution in [0.3, 0.4) is 0 Å². The second-order valence-electron chi connectivity index (χ2n) is 4.08. The number of hydrogen-bond acceptors (Lipinski definition) is 4. The average molecular weight is 296 g/mol. The van der Waals surface area contributed by atoms with Crippen molar-refractivity contribution >= 4 is 39.6 Å². The molecule has 4 nitrogen and oxygen atoms in total. The topological polar surface area (TPSA) is 50.4 Å². The van der Waals surface area contributed by atoms with Gasteiger partial charge in [-0.3, -0.25) is 0 Å². The fourth-order valence-electron chi connectivity index (χ4n) is 2.14. The van der Waals surface area contributed by atoms with Gasteiger partial charge in [-0.25, -0.2) is 4.79 Å². The van der Waals surface area contributed by atoms with Gasteiger partial charge < -0.3 is 15.4 Å². The molecule has 0 spiro atoms. The summed E-state index contributed by atoms with van der Waals surface area (Å²) in [6.45, 7) is 5.73. The highest BCUT2D eigenvalue weighted by molar-refractivity contribution is 7.80. The molecule has 102 valence electrons. The smallest absolute Gasteiger partial charge is 0.341 e. The molecule has 2 N–H and O–H groups in total. The van der Waals surface area contributed by atoms with Crippen LogP contribution in [0.5, 0.6) is 0 Å². The Morgan fingerprint density at radius 1 is 1.58 bits per heavy atom. The molecule has 0 atom stereocenters. The fourth-order valence-corrected chi connectivity index (χ4v) is 3.68. The van der Waals surface area contributed by atoms with Crippen molar-refractivity contribution in [2.75, 3.05) is 11.9 Å². The minimum atomic E-state index is -0.272. The van der Waals surface area contributed by atoms with Crippen molar-refractivity contribution < 1.29 is 9.53 Å². The van der Waals surface area contributed by atoms with E-state index in [0.29, 0.717) is 17.3 Å². The quantitative estimate of drug-likeness (QED) is 0.661. The lowest BCUT2D eigenvalue weighted by molar-refractivity contribution is 0.0527. The maximum Gasteiger partial charge on any atom is 0.341 e. The Balaban J connectivity index is 2.29. The van der Waals surface area contributed by atoms with Gasteiger partial charge in [-0.05, 0) is 50.2 Å². The molecule has 0 aromatic carbocycles. The monoisotopic (exact) mass is 296 g/mol. The lowest BCUT2D eigenvalue weighted by Gasteiger charge is -2.09. The maximum absolute atomic E-state index is 12.1. The van der Waals surface area contributed by atoms with E-state index in [1.54, 1.807) is 11.3 Å². The first kappa shape index (κ1) is 14.0. The zero-order valence-corrected chi connectivity index (χ0v) is 12.4. The van der Waals surface area contributed by atoms with Crippen LogP contribution < -0.4 is 10.6 Å². The van der Waals surface area contributed by atoms with Gasteiger partial charge in [0.15, 0.2) is 5.11 Å². The van der Waals surface area contributed by atoms with Gasteiger partial charge in [-0.2, -0.15) is 0 Å². The van der Waals surface area contributed by atoms with E-state index in [0.717, 1.165) is 29.8 Å². The molecule has 19 heavy (non-hydrogen) atoms. The summed E-state index contributed by atoms with van der Waals surface area (Å²) < 4.78 is 5.14. The minimum absolute atomic E-state index is 0.272. The van der Waals surface area contributed by atoms with Crippen LogP contribution in [-0.2, 0) is 17.6 Å². The first-order valence-electron chi connectivity index (χ1n) is 6.17. The van der Waals surface area contributed by atoms with Crippen molar-refractivity contribution in [1.82, 2.24) is 5.32 Å². The summed E-state index contributed by atoms with van der Waals surface area (Å²) in [4.78, 5) is 13.3. The molecule has 0 saturated carbocycles. The van der Waals surface area contributed by atoms with Crippen LogP contribution in [0.2, 0.25) is 0 Å². The number of carbonyl (C=O) groups excluding carboxylic acids is 1. The molecular weight excluding hydrogens is 280 g/mol. The Morgan fingerprint density at radius 2 is 2.37 bits per heavy atom. The van der Waals surface area contributed by atoms with Gasteiger partial charge in [0.2, 0.25) is 0 Å². The second kappa shape index (κ2) is 6.16. The summed E-state index contributed by atoms with van der Waals surface area (Å²) in [6.07, 6.45) is 4.56. The molecule has 1 aromatic heterocycles. The van der Waals surface area contributed by atoms with Crippen LogP contribution in [0.15, 0.2) is 12.8 Å². The number of fused-ring (bicyclic) bond motifs is 1. The fraction of sp³-hybridized carbons (Fsp3) is 0.385. The Hall–Kier alpha value is -1.40. The van der Waals surface area contributed by atoms with Crippen LogP contribution in [0, 0.1) is 0 Å². The van der Waals surface area contributed by atoms with Crippen molar-refractivity contribution in [2.24, 2.45) is 0 Å². The summed E-state index contributed by atoms with van der Waals surface area (Å²) in [5.74, 6) is -0.272. The number of thiophene rings is 1. The molecule has 1 aromatic rings.